The van der Waals surface area contributed by atoms with Crippen LogP contribution in [-0.2, 0) is 6.54 Å². The Morgan fingerprint density at radius 2 is 1.77 bits per heavy atom. The summed E-state index contributed by atoms with van der Waals surface area (Å²) in [6.07, 6.45) is 16.7. The fraction of sp³-hybridized carbons (Fsp3) is 0.767. The SMILES string of the molecule is C[C@@H](Nc1nc(-c2noc(=O)[nH]2)nc2nc(N3CCC[C@H]4CCCC[C@@H]43)n(C[C@H]3CC[C@H](C)CC3)c12)C1CCC1. The minimum Gasteiger partial charge on any atom is -0.365 e. The third-order valence-electron chi connectivity index (χ3n) is 10.5. The van der Waals surface area contributed by atoms with Gasteiger partial charge in [-0.1, -0.05) is 44.2 Å². The first-order valence-corrected chi connectivity index (χ1v) is 15.9. The van der Waals surface area contributed by atoms with Crippen LogP contribution in [0.25, 0.3) is 22.8 Å². The zero-order valence-corrected chi connectivity index (χ0v) is 24.1. The second-order valence-corrected chi connectivity index (χ2v) is 13.2. The van der Waals surface area contributed by atoms with Gasteiger partial charge < -0.3 is 14.8 Å². The van der Waals surface area contributed by atoms with E-state index in [-0.39, 0.29) is 11.9 Å². The van der Waals surface area contributed by atoms with E-state index in [2.05, 4.69) is 38.8 Å². The number of aromatic nitrogens is 6. The first kappa shape index (κ1) is 26.0. The number of rotatable bonds is 7. The van der Waals surface area contributed by atoms with Crippen molar-refractivity contribution < 1.29 is 4.52 Å². The van der Waals surface area contributed by atoms with Crippen LogP contribution in [0.2, 0.25) is 0 Å². The summed E-state index contributed by atoms with van der Waals surface area (Å²) in [5, 5.41) is 7.69. The molecule has 0 bridgehead atoms. The van der Waals surface area contributed by atoms with E-state index in [0.717, 1.165) is 42.2 Å². The Morgan fingerprint density at radius 3 is 2.52 bits per heavy atom. The van der Waals surface area contributed by atoms with Gasteiger partial charge in [0.25, 0.3) is 0 Å². The number of hydrogen-bond acceptors (Lipinski definition) is 8. The van der Waals surface area contributed by atoms with E-state index < -0.39 is 5.76 Å². The summed E-state index contributed by atoms with van der Waals surface area (Å²) >= 11 is 0. The molecule has 0 amide bonds. The Kier molecular flexibility index (Phi) is 7.04. The van der Waals surface area contributed by atoms with Gasteiger partial charge in [-0.25, -0.2) is 14.8 Å². The molecule has 10 nitrogen and oxygen atoms in total. The van der Waals surface area contributed by atoms with Crippen LogP contribution >= 0.6 is 0 Å². The predicted molar refractivity (Wildman–Crippen MR) is 155 cm³/mol. The van der Waals surface area contributed by atoms with E-state index >= 15 is 0 Å². The Balaban J connectivity index is 1.36. The minimum absolute atomic E-state index is 0.244. The lowest BCUT2D eigenvalue weighted by molar-refractivity contribution is 0.236. The van der Waals surface area contributed by atoms with Crippen LogP contribution in [0.3, 0.4) is 0 Å². The Labute approximate surface area is 235 Å². The lowest BCUT2D eigenvalue weighted by atomic mass is 9.78. The van der Waals surface area contributed by atoms with Crippen molar-refractivity contribution >= 4 is 22.9 Å². The van der Waals surface area contributed by atoms with Crippen LogP contribution in [0.15, 0.2) is 9.32 Å². The Morgan fingerprint density at radius 1 is 0.975 bits per heavy atom. The Bertz CT molecular complexity index is 1380. The van der Waals surface area contributed by atoms with Crippen molar-refractivity contribution in [1.82, 2.24) is 29.7 Å². The fourth-order valence-electron chi connectivity index (χ4n) is 7.87. The molecule has 4 heterocycles. The molecule has 0 spiro atoms. The summed E-state index contributed by atoms with van der Waals surface area (Å²) in [5.74, 6) is 4.68. The molecular formula is C30H44N8O2. The standard InChI is InChI=1S/C30H44N8O2/c1-18-12-14-20(15-13-18)17-38-24-25(31-19(2)21-8-5-9-21)32-27(28-35-30(39)40-36-28)33-26(24)34-29(38)37-16-6-10-22-7-3-4-11-23(22)37/h18-23H,3-17H2,1-2H3,(H,31,32,33)(H,35,36,39)/t18-,19-,20-,22-,23+/m1/s1. The van der Waals surface area contributed by atoms with Crippen LogP contribution in [-0.4, -0.2) is 48.3 Å². The van der Waals surface area contributed by atoms with E-state index in [1.165, 1.54) is 83.5 Å². The molecule has 1 aliphatic heterocycles. The van der Waals surface area contributed by atoms with Gasteiger partial charge >= 0.3 is 5.76 Å². The van der Waals surface area contributed by atoms with E-state index in [1.54, 1.807) is 0 Å². The molecule has 2 N–H and O–H groups in total. The van der Waals surface area contributed by atoms with E-state index in [1.807, 2.05) is 0 Å². The molecule has 0 unspecified atom stereocenters. The minimum atomic E-state index is -0.606. The van der Waals surface area contributed by atoms with Gasteiger partial charge in [-0.2, -0.15) is 4.98 Å². The van der Waals surface area contributed by atoms with Gasteiger partial charge in [-0.05, 0) is 82.0 Å². The zero-order valence-electron chi connectivity index (χ0n) is 24.1. The second kappa shape index (κ2) is 10.8. The number of nitrogens with one attached hydrogen (secondary N) is 2. The summed E-state index contributed by atoms with van der Waals surface area (Å²) in [7, 11) is 0. The van der Waals surface area contributed by atoms with Gasteiger partial charge in [0, 0.05) is 25.2 Å². The van der Waals surface area contributed by atoms with Gasteiger partial charge in [0.15, 0.2) is 11.5 Å². The highest BCUT2D eigenvalue weighted by molar-refractivity contribution is 5.87. The molecule has 7 rings (SSSR count). The van der Waals surface area contributed by atoms with Crippen molar-refractivity contribution in [3.8, 4) is 11.6 Å². The van der Waals surface area contributed by atoms with Crippen molar-refractivity contribution in [1.29, 1.82) is 0 Å². The quantitative estimate of drug-likeness (QED) is 0.383. The summed E-state index contributed by atoms with van der Waals surface area (Å²) in [5.41, 5.74) is 1.67. The predicted octanol–water partition coefficient (Wildman–Crippen LogP) is 5.76. The third kappa shape index (κ3) is 4.91. The summed E-state index contributed by atoms with van der Waals surface area (Å²) in [6.45, 7) is 6.64. The van der Waals surface area contributed by atoms with Crippen LogP contribution in [0.4, 0.5) is 11.8 Å². The molecule has 3 aromatic heterocycles. The highest BCUT2D eigenvalue weighted by Gasteiger charge is 2.37. The molecule has 4 aliphatic rings. The van der Waals surface area contributed by atoms with E-state index in [0.29, 0.717) is 29.3 Å². The van der Waals surface area contributed by atoms with Crippen molar-refractivity contribution in [2.24, 2.45) is 23.7 Å². The topological polar surface area (TPSA) is 118 Å². The normalized spacial score (nSPS) is 28.3. The first-order chi connectivity index (χ1) is 19.5. The fourth-order valence-corrected chi connectivity index (χ4v) is 7.87. The van der Waals surface area contributed by atoms with Gasteiger partial charge in [0.2, 0.25) is 17.6 Å². The molecule has 10 heteroatoms. The number of anilines is 2. The van der Waals surface area contributed by atoms with Crippen molar-refractivity contribution in [2.75, 3.05) is 16.8 Å². The van der Waals surface area contributed by atoms with Crippen molar-refractivity contribution in [3.05, 3.63) is 10.6 Å². The number of hydrogen-bond donors (Lipinski definition) is 2. The molecule has 3 saturated carbocycles. The zero-order chi connectivity index (χ0) is 27.2. The highest BCUT2D eigenvalue weighted by atomic mass is 16.5. The maximum absolute atomic E-state index is 11.8. The number of H-pyrrole nitrogens is 1. The van der Waals surface area contributed by atoms with Gasteiger partial charge in [0.1, 0.15) is 5.52 Å². The van der Waals surface area contributed by atoms with Gasteiger partial charge in [-0.3, -0.25) is 9.51 Å². The average molecular weight is 549 g/mol. The van der Waals surface area contributed by atoms with Crippen LogP contribution in [0, 0.1) is 23.7 Å². The lowest BCUT2D eigenvalue weighted by Crippen LogP contribution is -2.48. The maximum Gasteiger partial charge on any atom is 0.439 e. The number of imidazole rings is 1. The Hall–Kier alpha value is -2.91. The molecule has 216 valence electrons. The largest absolute Gasteiger partial charge is 0.439 e. The highest BCUT2D eigenvalue weighted by Crippen LogP contribution is 2.41. The van der Waals surface area contributed by atoms with Crippen LogP contribution in [0.1, 0.15) is 97.3 Å². The number of piperidine rings is 1. The van der Waals surface area contributed by atoms with Crippen LogP contribution in [0.5, 0.6) is 0 Å². The number of aromatic amines is 1. The molecule has 3 atom stereocenters. The summed E-state index contributed by atoms with van der Waals surface area (Å²) in [6, 6.07) is 0.838. The monoisotopic (exact) mass is 548 g/mol. The number of nitrogens with zero attached hydrogens (tertiary/aromatic N) is 6. The van der Waals surface area contributed by atoms with Crippen molar-refractivity contribution in [3.63, 3.8) is 0 Å². The molecule has 0 radical (unpaired) electrons. The van der Waals surface area contributed by atoms with Crippen LogP contribution < -0.4 is 16.0 Å². The molecule has 40 heavy (non-hydrogen) atoms. The molecule has 3 aliphatic carbocycles. The van der Waals surface area contributed by atoms with E-state index in [9.17, 15) is 4.79 Å². The number of fused-ring (bicyclic) bond motifs is 2. The molecular weight excluding hydrogens is 504 g/mol. The molecule has 1 saturated heterocycles. The maximum atomic E-state index is 11.8. The molecule has 4 fully saturated rings. The third-order valence-corrected chi connectivity index (χ3v) is 10.5. The summed E-state index contributed by atoms with van der Waals surface area (Å²) < 4.78 is 7.28. The molecule has 3 aromatic rings. The molecule has 0 aromatic carbocycles. The first-order valence-electron chi connectivity index (χ1n) is 15.9. The lowest BCUT2D eigenvalue weighted by Gasteiger charge is -2.45. The second-order valence-electron chi connectivity index (χ2n) is 13.2. The average Bonchev–Trinajstić information content (AvgIpc) is 3.52. The smallest absolute Gasteiger partial charge is 0.365 e. The summed E-state index contributed by atoms with van der Waals surface area (Å²) in [4.78, 5) is 32.2. The van der Waals surface area contributed by atoms with Gasteiger partial charge in [0.05, 0.1) is 0 Å². The van der Waals surface area contributed by atoms with Gasteiger partial charge in [-0.15, -0.1) is 0 Å². The van der Waals surface area contributed by atoms with Crippen molar-refractivity contribution in [2.45, 2.75) is 116 Å². The van der Waals surface area contributed by atoms with E-state index in [4.69, 9.17) is 19.5 Å².